The topological polar surface area (TPSA) is 64.3 Å². The lowest BCUT2D eigenvalue weighted by Gasteiger charge is -2.22. The Labute approximate surface area is 122 Å². The quantitative estimate of drug-likeness (QED) is 0.873. The van der Waals surface area contributed by atoms with Gasteiger partial charge in [0.25, 0.3) is 5.91 Å². The van der Waals surface area contributed by atoms with Crippen LogP contribution in [0.3, 0.4) is 0 Å². The molecule has 1 amide bonds. The molecule has 0 aliphatic heterocycles. The van der Waals surface area contributed by atoms with Crippen molar-refractivity contribution in [2.75, 3.05) is 6.54 Å². The molecule has 0 spiro atoms. The Kier molecular flexibility index (Phi) is 5.12. The van der Waals surface area contributed by atoms with Crippen LogP contribution in [0.25, 0.3) is 0 Å². The molecule has 0 bridgehead atoms. The molecular formula is C15H20F2N2O2. The first kappa shape index (κ1) is 15.7. The first-order valence-corrected chi connectivity index (χ1v) is 7.13. The van der Waals surface area contributed by atoms with Crippen molar-refractivity contribution in [3.63, 3.8) is 0 Å². The van der Waals surface area contributed by atoms with Gasteiger partial charge < -0.3 is 15.8 Å². The highest BCUT2D eigenvalue weighted by molar-refractivity contribution is 5.81. The molecule has 2 rings (SSSR count). The summed E-state index contributed by atoms with van der Waals surface area (Å²) in [4.78, 5) is 12.1. The van der Waals surface area contributed by atoms with Crippen LogP contribution in [-0.4, -0.2) is 24.6 Å². The molecule has 1 aromatic rings. The first-order valence-electron chi connectivity index (χ1n) is 7.13. The number of hydrogen-bond acceptors (Lipinski definition) is 3. The number of carbonyl (C=O) groups excluding carboxylic acids is 1. The molecule has 1 aromatic carbocycles. The minimum atomic E-state index is -1.00. The maximum atomic E-state index is 13.1. The average Bonchev–Trinajstić information content (AvgIpc) is 2.90. The van der Waals surface area contributed by atoms with Crippen LogP contribution < -0.4 is 15.8 Å². The highest BCUT2D eigenvalue weighted by atomic mass is 19.2. The highest BCUT2D eigenvalue weighted by Crippen LogP contribution is 2.25. The Balaban J connectivity index is 1.91. The van der Waals surface area contributed by atoms with E-state index >= 15 is 0 Å². The van der Waals surface area contributed by atoms with E-state index in [0.29, 0.717) is 12.5 Å². The van der Waals surface area contributed by atoms with E-state index in [0.717, 1.165) is 31.4 Å². The summed E-state index contributed by atoms with van der Waals surface area (Å²) in [5.41, 5.74) is 5.67. The summed E-state index contributed by atoms with van der Waals surface area (Å²) in [6, 6.07) is 3.26. The number of benzene rings is 1. The van der Waals surface area contributed by atoms with Gasteiger partial charge >= 0.3 is 0 Å². The van der Waals surface area contributed by atoms with E-state index in [2.05, 4.69) is 5.32 Å². The van der Waals surface area contributed by atoms with Crippen LogP contribution in [0, 0.1) is 17.6 Å². The molecule has 0 heterocycles. The second-order valence-electron chi connectivity index (χ2n) is 5.38. The predicted octanol–water partition coefficient (Wildman–Crippen LogP) is 1.98. The fraction of sp³-hybridized carbons (Fsp3) is 0.533. The second kappa shape index (κ2) is 6.85. The van der Waals surface area contributed by atoms with Crippen LogP contribution in [0.2, 0.25) is 0 Å². The first-order chi connectivity index (χ1) is 10.0. The fourth-order valence-electron chi connectivity index (χ4n) is 2.62. The molecule has 116 valence electrons. The van der Waals surface area contributed by atoms with Gasteiger partial charge in [0.15, 0.2) is 17.7 Å². The molecule has 6 heteroatoms. The van der Waals surface area contributed by atoms with Crippen molar-refractivity contribution in [3.05, 3.63) is 29.8 Å². The molecule has 1 aliphatic carbocycles. The standard InChI is InChI=1S/C15H20F2N2O2/c1-9(21-11-5-6-12(16)13(17)7-11)15(20)19-14-4-2-3-10(14)8-18/h5-7,9-10,14H,2-4,8,18H2,1H3,(H,19,20). The molecule has 4 nitrogen and oxygen atoms in total. The van der Waals surface area contributed by atoms with Gasteiger partial charge in [0.05, 0.1) is 0 Å². The lowest BCUT2D eigenvalue weighted by atomic mass is 10.0. The van der Waals surface area contributed by atoms with Crippen molar-refractivity contribution >= 4 is 5.91 Å². The molecule has 1 saturated carbocycles. The smallest absolute Gasteiger partial charge is 0.261 e. The van der Waals surface area contributed by atoms with E-state index in [4.69, 9.17) is 10.5 Å². The zero-order valence-electron chi connectivity index (χ0n) is 11.9. The van der Waals surface area contributed by atoms with Gasteiger partial charge in [0.2, 0.25) is 0 Å². The van der Waals surface area contributed by atoms with Crippen molar-refractivity contribution < 1.29 is 18.3 Å². The summed E-state index contributed by atoms with van der Waals surface area (Å²) in [6.07, 6.45) is 2.19. The number of carbonyl (C=O) groups is 1. The van der Waals surface area contributed by atoms with E-state index < -0.39 is 17.7 Å². The fourth-order valence-corrected chi connectivity index (χ4v) is 2.62. The van der Waals surface area contributed by atoms with Gasteiger partial charge in [-0.1, -0.05) is 6.42 Å². The van der Waals surface area contributed by atoms with Gasteiger partial charge in [-0.25, -0.2) is 8.78 Å². The van der Waals surface area contributed by atoms with E-state index in [-0.39, 0.29) is 17.7 Å². The van der Waals surface area contributed by atoms with E-state index in [9.17, 15) is 13.6 Å². The van der Waals surface area contributed by atoms with Crippen molar-refractivity contribution in [2.45, 2.75) is 38.3 Å². The van der Waals surface area contributed by atoms with Crippen molar-refractivity contribution in [2.24, 2.45) is 11.7 Å². The number of halogens is 2. The van der Waals surface area contributed by atoms with Crippen LogP contribution in [-0.2, 0) is 4.79 Å². The van der Waals surface area contributed by atoms with Gasteiger partial charge in [-0.3, -0.25) is 4.79 Å². The lowest BCUT2D eigenvalue weighted by Crippen LogP contribution is -2.45. The average molecular weight is 298 g/mol. The summed E-state index contributed by atoms with van der Waals surface area (Å²) < 4.78 is 31.3. The largest absolute Gasteiger partial charge is 0.481 e. The minimum Gasteiger partial charge on any atom is -0.481 e. The Morgan fingerprint density at radius 1 is 1.43 bits per heavy atom. The highest BCUT2D eigenvalue weighted by Gasteiger charge is 2.29. The molecule has 3 N–H and O–H groups in total. The number of hydrogen-bond donors (Lipinski definition) is 2. The molecule has 3 atom stereocenters. The molecule has 1 fully saturated rings. The monoisotopic (exact) mass is 298 g/mol. The zero-order chi connectivity index (χ0) is 15.4. The third-order valence-electron chi connectivity index (χ3n) is 3.86. The molecular weight excluding hydrogens is 278 g/mol. The SMILES string of the molecule is CC(Oc1ccc(F)c(F)c1)C(=O)NC1CCCC1CN. The molecule has 0 aromatic heterocycles. The number of nitrogens with one attached hydrogen (secondary N) is 1. The maximum absolute atomic E-state index is 13.1. The van der Waals surface area contributed by atoms with Gasteiger partial charge in [0.1, 0.15) is 5.75 Å². The van der Waals surface area contributed by atoms with Crippen molar-refractivity contribution in [1.82, 2.24) is 5.32 Å². The third-order valence-corrected chi connectivity index (χ3v) is 3.86. The van der Waals surface area contributed by atoms with Crippen molar-refractivity contribution in [3.8, 4) is 5.75 Å². The van der Waals surface area contributed by atoms with Crippen LogP contribution in [0.1, 0.15) is 26.2 Å². The Morgan fingerprint density at radius 3 is 2.86 bits per heavy atom. The van der Waals surface area contributed by atoms with Crippen LogP contribution in [0.15, 0.2) is 18.2 Å². The summed E-state index contributed by atoms with van der Waals surface area (Å²) in [7, 11) is 0. The van der Waals surface area contributed by atoms with Crippen molar-refractivity contribution in [1.29, 1.82) is 0 Å². The molecule has 1 aliphatic rings. The number of rotatable bonds is 5. The summed E-state index contributed by atoms with van der Waals surface area (Å²) in [6.45, 7) is 2.12. The minimum absolute atomic E-state index is 0.0681. The Hall–Kier alpha value is -1.69. The van der Waals surface area contributed by atoms with E-state index in [1.807, 2.05) is 0 Å². The molecule has 21 heavy (non-hydrogen) atoms. The van der Waals surface area contributed by atoms with E-state index in [1.54, 1.807) is 6.92 Å². The van der Waals surface area contributed by atoms with Gasteiger partial charge in [-0.15, -0.1) is 0 Å². The maximum Gasteiger partial charge on any atom is 0.261 e. The molecule has 0 saturated heterocycles. The van der Waals surface area contributed by atoms with Crippen LogP contribution >= 0.6 is 0 Å². The second-order valence-corrected chi connectivity index (χ2v) is 5.38. The van der Waals surface area contributed by atoms with Gasteiger partial charge in [0, 0.05) is 12.1 Å². The Morgan fingerprint density at radius 2 is 2.19 bits per heavy atom. The summed E-state index contributed by atoms with van der Waals surface area (Å²) in [5, 5.41) is 2.91. The predicted molar refractivity (Wildman–Crippen MR) is 74.8 cm³/mol. The zero-order valence-corrected chi connectivity index (χ0v) is 11.9. The summed E-state index contributed by atoms with van der Waals surface area (Å²) in [5.74, 6) is -1.80. The van der Waals surface area contributed by atoms with Crippen LogP contribution in [0.4, 0.5) is 8.78 Å². The van der Waals surface area contributed by atoms with Gasteiger partial charge in [-0.2, -0.15) is 0 Å². The molecule has 0 radical (unpaired) electrons. The van der Waals surface area contributed by atoms with Crippen LogP contribution in [0.5, 0.6) is 5.75 Å². The number of amides is 1. The summed E-state index contributed by atoms with van der Waals surface area (Å²) >= 11 is 0. The van der Waals surface area contributed by atoms with Gasteiger partial charge in [-0.05, 0) is 44.4 Å². The normalized spacial score (nSPS) is 22.9. The number of nitrogens with two attached hydrogens (primary N) is 1. The van der Waals surface area contributed by atoms with E-state index in [1.165, 1.54) is 6.07 Å². The third kappa shape index (κ3) is 3.91. The lowest BCUT2D eigenvalue weighted by molar-refractivity contribution is -0.128. The molecule has 3 unspecified atom stereocenters. The number of ether oxygens (including phenoxy) is 1. The Bertz CT molecular complexity index is 510.